The van der Waals surface area contributed by atoms with Crippen molar-refractivity contribution in [2.24, 2.45) is 0 Å². The van der Waals surface area contributed by atoms with Gasteiger partial charge in [0.15, 0.2) is 0 Å². The molecule has 1 amide bonds. The van der Waals surface area contributed by atoms with Gasteiger partial charge in [0.2, 0.25) is 0 Å². The second-order valence-electron chi connectivity index (χ2n) is 5.45. The number of hydrogen-bond donors (Lipinski definition) is 1. The number of benzene rings is 1. The fraction of sp³-hybridized carbons (Fsp3) is 0.533. The van der Waals surface area contributed by atoms with Crippen LogP contribution in [0.3, 0.4) is 0 Å². The van der Waals surface area contributed by atoms with E-state index in [0.717, 1.165) is 42.7 Å². The van der Waals surface area contributed by atoms with Gasteiger partial charge >= 0.3 is 0 Å². The monoisotopic (exact) mass is 260 g/mol. The van der Waals surface area contributed by atoms with Crippen molar-refractivity contribution >= 4 is 11.6 Å². The molecule has 1 N–H and O–H groups in total. The van der Waals surface area contributed by atoms with Gasteiger partial charge in [-0.25, -0.2) is 0 Å². The Morgan fingerprint density at radius 3 is 2.58 bits per heavy atom. The average molecular weight is 260 g/mol. The maximum Gasteiger partial charge on any atom is 0.254 e. The van der Waals surface area contributed by atoms with Crippen LogP contribution >= 0.6 is 0 Å². The second kappa shape index (κ2) is 4.85. The third kappa shape index (κ3) is 2.32. The van der Waals surface area contributed by atoms with Gasteiger partial charge in [0.05, 0.1) is 12.2 Å². The normalized spacial score (nSPS) is 25.5. The Labute approximate surface area is 113 Å². The van der Waals surface area contributed by atoms with Gasteiger partial charge in [0.1, 0.15) is 0 Å². The van der Waals surface area contributed by atoms with Gasteiger partial charge in [0, 0.05) is 31.4 Å². The number of carbonyl (C=O) groups is 1. The highest BCUT2D eigenvalue weighted by Gasteiger charge is 2.35. The zero-order chi connectivity index (χ0) is 13.4. The molecule has 0 spiro atoms. The van der Waals surface area contributed by atoms with Crippen LogP contribution < -0.4 is 5.32 Å². The number of morpholine rings is 1. The highest BCUT2D eigenvalue weighted by atomic mass is 16.5. The SMILES string of the molecule is CNc1ccc(C(=O)N2CC3CCC(C2)O3)cc1C. The molecule has 19 heavy (non-hydrogen) atoms. The predicted octanol–water partition coefficient (Wildman–Crippen LogP) is 2.04. The summed E-state index contributed by atoms with van der Waals surface area (Å²) in [6.45, 7) is 3.50. The lowest BCUT2D eigenvalue weighted by Gasteiger charge is -2.32. The molecule has 102 valence electrons. The summed E-state index contributed by atoms with van der Waals surface area (Å²) in [5.74, 6) is 0.131. The van der Waals surface area contributed by atoms with E-state index in [1.807, 2.05) is 37.1 Å². The van der Waals surface area contributed by atoms with Crippen LogP contribution in [0.4, 0.5) is 5.69 Å². The van der Waals surface area contributed by atoms with Gasteiger partial charge in [-0.1, -0.05) is 0 Å². The molecule has 0 aliphatic carbocycles. The number of nitrogens with one attached hydrogen (secondary N) is 1. The molecule has 2 fully saturated rings. The van der Waals surface area contributed by atoms with E-state index >= 15 is 0 Å². The number of carbonyl (C=O) groups excluding carboxylic acids is 1. The van der Waals surface area contributed by atoms with Crippen molar-refractivity contribution in [3.63, 3.8) is 0 Å². The van der Waals surface area contributed by atoms with Crippen molar-refractivity contribution in [3.8, 4) is 0 Å². The molecule has 1 aromatic rings. The third-order valence-electron chi connectivity index (χ3n) is 4.07. The Morgan fingerprint density at radius 1 is 1.32 bits per heavy atom. The fourth-order valence-electron chi connectivity index (χ4n) is 3.04. The number of ether oxygens (including phenoxy) is 1. The van der Waals surface area contributed by atoms with Crippen LogP contribution in [-0.4, -0.2) is 43.2 Å². The summed E-state index contributed by atoms with van der Waals surface area (Å²) in [6.07, 6.45) is 2.68. The molecule has 2 unspecified atom stereocenters. The Hall–Kier alpha value is -1.55. The Kier molecular flexibility index (Phi) is 3.19. The molecule has 1 aromatic carbocycles. The van der Waals surface area contributed by atoms with Crippen molar-refractivity contribution in [2.45, 2.75) is 32.0 Å². The standard InChI is InChI=1S/C15H20N2O2/c1-10-7-11(3-6-14(10)16-2)15(18)17-8-12-4-5-13(9-17)19-12/h3,6-7,12-13,16H,4-5,8-9H2,1-2H3. The first kappa shape index (κ1) is 12.5. The molecule has 4 heteroatoms. The first-order valence-corrected chi connectivity index (χ1v) is 6.90. The minimum absolute atomic E-state index is 0.131. The maximum atomic E-state index is 12.5. The molecule has 2 atom stereocenters. The van der Waals surface area contributed by atoms with E-state index in [2.05, 4.69) is 5.32 Å². The van der Waals surface area contributed by atoms with Gasteiger partial charge in [-0.2, -0.15) is 0 Å². The number of nitrogens with zero attached hydrogens (tertiary/aromatic N) is 1. The van der Waals surface area contributed by atoms with Crippen molar-refractivity contribution in [2.75, 3.05) is 25.5 Å². The molecule has 0 aromatic heterocycles. The predicted molar refractivity (Wildman–Crippen MR) is 74.5 cm³/mol. The van der Waals surface area contributed by atoms with Crippen LogP contribution in [0.25, 0.3) is 0 Å². The van der Waals surface area contributed by atoms with Crippen LogP contribution in [0.1, 0.15) is 28.8 Å². The van der Waals surface area contributed by atoms with Crippen LogP contribution in [0.5, 0.6) is 0 Å². The van der Waals surface area contributed by atoms with Crippen molar-refractivity contribution in [1.29, 1.82) is 0 Å². The first-order chi connectivity index (χ1) is 9.17. The summed E-state index contributed by atoms with van der Waals surface area (Å²) in [4.78, 5) is 14.5. The van der Waals surface area contributed by atoms with Crippen LogP contribution in [0.2, 0.25) is 0 Å². The zero-order valence-corrected chi connectivity index (χ0v) is 11.5. The average Bonchev–Trinajstić information content (AvgIpc) is 2.76. The van der Waals surface area contributed by atoms with Gasteiger partial charge in [0.25, 0.3) is 5.91 Å². The topological polar surface area (TPSA) is 41.6 Å². The van der Waals surface area contributed by atoms with Crippen molar-refractivity contribution in [3.05, 3.63) is 29.3 Å². The van der Waals surface area contributed by atoms with Crippen LogP contribution in [0, 0.1) is 6.92 Å². The number of hydrogen-bond acceptors (Lipinski definition) is 3. The summed E-state index contributed by atoms with van der Waals surface area (Å²) in [6, 6.07) is 5.84. The highest BCUT2D eigenvalue weighted by Crippen LogP contribution is 2.27. The number of fused-ring (bicyclic) bond motifs is 2. The Balaban J connectivity index is 1.78. The first-order valence-electron chi connectivity index (χ1n) is 6.90. The number of likely N-dealkylation sites (tertiary alicyclic amines) is 1. The van der Waals surface area contributed by atoms with Crippen LogP contribution in [-0.2, 0) is 4.74 Å². The van der Waals surface area contributed by atoms with E-state index in [1.54, 1.807) is 0 Å². The zero-order valence-electron chi connectivity index (χ0n) is 11.5. The molecule has 0 saturated carbocycles. The quantitative estimate of drug-likeness (QED) is 0.884. The summed E-state index contributed by atoms with van der Waals surface area (Å²) in [5.41, 5.74) is 2.95. The molecule has 4 nitrogen and oxygen atoms in total. The third-order valence-corrected chi connectivity index (χ3v) is 4.07. The molecule has 2 saturated heterocycles. The Morgan fingerprint density at radius 2 is 2.00 bits per heavy atom. The molecule has 2 aliphatic heterocycles. The largest absolute Gasteiger partial charge is 0.388 e. The van der Waals surface area contributed by atoms with Crippen LogP contribution in [0.15, 0.2) is 18.2 Å². The minimum atomic E-state index is 0.131. The molecule has 0 radical (unpaired) electrons. The van der Waals surface area contributed by atoms with E-state index < -0.39 is 0 Å². The number of aryl methyl sites for hydroxylation is 1. The van der Waals surface area contributed by atoms with Gasteiger partial charge in [-0.05, 0) is 43.5 Å². The summed E-state index contributed by atoms with van der Waals surface area (Å²) in [7, 11) is 1.89. The van der Waals surface area contributed by atoms with E-state index in [0.29, 0.717) is 0 Å². The molecule has 2 aliphatic rings. The van der Waals surface area contributed by atoms with Crippen molar-refractivity contribution in [1.82, 2.24) is 4.90 Å². The molecule has 3 rings (SSSR count). The summed E-state index contributed by atoms with van der Waals surface area (Å²) < 4.78 is 5.77. The summed E-state index contributed by atoms with van der Waals surface area (Å²) in [5, 5.41) is 3.12. The van der Waals surface area contributed by atoms with E-state index in [1.165, 1.54) is 0 Å². The number of anilines is 1. The molecule has 2 heterocycles. The van der Waals surface area contributed by atoms with E-state index in [9.17, 15) is 4.79 Å². The molecular weight excluding hydrogens is 240 g/mol. The number of amides is 1. The minimum Gasteiger partial charge on any atom is -0.388 e. The summed E-state index contributed by atoms with van der Waals surface area (Å²) >= 11 is 0. The molecular formula is C15H20N2O2. The van der Waals surface area contributed by atoms with Crippen molar-refractivity contribution < 1.29 is 9.53 Å². The number of rotatable bonds is 2. The lowest BCUT2D eigenvalue weighted by atomic mass is 10.1. The van der Waals surface area contributed by atoms with E-state index in [-0.39, 0.29) is 18.1 Å². The molecule has 2 bridgehead atoms. The Bertz CT molecular complexity index is 489. The highest BCUT2D eigenvalue weighted by molar-refractivity contribution is 5.95. The lowest BCUT2D eigenvalue weighted by molar-refractivity contribution is -0.0303. The fourth-order valence-corrected chi connectivity index (χ4v) is 3.04. The van der Waals surface area contributed by atoms with Gasteiger partial charge in [-0.15, -0.1) is 0 Å². The van der Waals surface area contributed by atoms with Gasteiger partial charge in [-0.3, -0.25) is 4.79 Å². The lowest BCUT2D eigenvalue weighted by Crippen LogP contribution is -2.45. The van der Waals surface area contributed by atoms with Gasteiger partial charge < -0.3 is 15.0 Å². The van der Waals surface area contributed by atoms with E-state index in [4.69, 9.17) is 4.74 Å². The smallest absolute Gasteiger partial charge is 0.254 e. The second-order valence-corrected chi connectivity index (χ2v) is 5.45. The maximum absolute atomic E-state index is 12.5.